The highest BCUT2D eigenvalue weighted by atomic mass is 35.5. The lowest BCUT2D eigenvalue weighted by atomic mass is 10.2. The minimum atomic E-state index is -0.501. The standard InChI is InChI=1S/C22H18ClN5O4S/c1-14-4-9-17(28(30)31)11-19(14)24-20(29)13-33-22-26-25-21(15-5-7-16(23)8-6-15)27(22)12-18-3-2-10-32-18/h2-11H,12-13H2,1H3,(H,24,29). The first-order chi connectivity index (χ1) is 15.9. The van der Waals surface area contributed by atoms with Gasteiger partial charge in [-0.25, -0.2) is 0 Å². The maximum Gasteiger partial charge on any atom is 0.271 e. The quantitative estimate of drug-likeness (QED) is 0.208. The van der Waals surface area contributed by atoms with E-state index in [1.807, 2.05) is 22.8 Å². The molecular formula is C22H18ClN5O4S. The van der Waals surface area contributed by atoms with Crippen LogP contribution in [0.1, 0.15) is 11.3 Å². The summed E-state index contributed by atoms with van der Waals surface area (Å²) in [5.74, 6) is 1.05. The second-order valence-electron chi connectivity index (χ2n) is 7.07. The second-order valence-corrected chi connectivity index (χ2v) is 8.45. The van der Waals surface area contributed by atoms with Crippen molar-refractivity contribution in [2.45, 2.75) is 18.6 Å². The molecule has 2 aromatic carbocycles. The SMILES string of the molecule is Cc1ccc([N+](=O)[O-])cc1NC(=O)CSc1nnc(-c2ccc(Cl)cc2)n1Cc1ccco1. The molecule has 2 aromatic heterocycles. The fourth-order valence-electron chi connectivity index (χ4n) is 3.08. The number of aryl methyl sites for hydroxylation is 1. The highest BCUT2D eigenvalue weighted by molar-refractivity contribution is 7.99. The molecule has 0 fully saturated rings. The Hall–Kier alpha value is -3.63. The van der Waals surface area contributed by atoms with E-state index in [2.05, 4.69) is 15.5 Å². The van der Waals surface area contributed by atoms with Gasteiger partial charge in [0.1, 0.15) is 5.76 Å². The number of nitro groups is 1. The van der Waals surface area contributed by atoms with Gasteiger partial charge in [0.05, 0.1) is 29.2 Å². The van der Waals surface area contributed by atoms with Crippen LogP contribution >= 0.6 is 23.4 Å². The van der Waals surface area contributed by atoms with Crippen LogP contribution in [0.15, 0.2) is 70.4 Å². The van der Waals surface area contributed by atoms with Gasteiger partial charge in [0.2, 0.25) is 5.91 Å². The number of halogens is 1. The van der Waals surface area contributed by atoms with Gasteiger partial charge >= 0.3 is 0 Å². The first-order valence-corrected chi connectivity index (χ1v) is 11.2. The molecule has 33 heavy (non-hydrogen) atoms. The Morgan fingerprint density at radius 1 is 1.21 bits per heavy atom. The summed E-state index contributed by atoms with van der Waals surface area (Å²) in [6.45, 7) is 2.15. The number of nitro benzene ring substituents is 1. The molecule has 0 aliphatic rings. The Morgan fingerprint density at radius 2 is 2.00 bits per heavy atom. The lowest BCUT2D eigenvalue weighted by molar-refractivity contribution is -0.384. The van der Waals surface area contributed by atoms with Crippen LogP contribution in [-0.2, 0) is 11.3 Å². The van der Waals surface area contributed by atoms with Gasteiger partial charge in [0.25, 0.3) is 5.69 Å². The number of furan rings is 1. The largest absolute Gasteiger partial charge is 0.467 e. The van der Waals surface area contributed by atoms with Gasteiger partial charge in [-0.15, -0.1) is 10.2 Å². The molecule has 0 radical (unpaired) electrons. The Morgan fingerprint density at radius 3 is 2.70 bits per heavy atom. The molecule has 4 rings (SSSR count). The molecule has 0 aliphatic heterocycles. The molecule has 168 valence electrons. The normalized spacial score (nSPS) is 10.8. The number of aromatic nitrogens is 3. The number of nitrogens with one attached hydrogen (secondary N) is 1. The molecule has 1 amide bonds. The van der Waals surface area contributed by atoms with E-state index in [-0.39, 0.29) is 17.3 Å². The summed E-state index contributed by atoms with van der Waals surface area (Å²) in [7, 11) is 0. The topological polar surface area (TPSA) is 116 Å². The van der Waals surface area contributed by atoms with E-state index in [1.54, 1.807) is 37.5 Å². The molecule has 0 bridgehead atoms. The van der Waals surface area contributed by atoms with Crippen LogP contribution in [-0.4, -0.2) is 31.3 Å². The van der Waals surface area contributed by atoms with Crippen molar-refractivity contribution in [2.24, 2.45) is 0 Å². The molecule has 0 aliphatic carbocycles. The Labute approximate surface area is 197 Å². The predicted octanol–water partition coefficient (Wildman–Crippen LogP) is 5.19. The number of rotatable bonds is 8. The zero-order valence-corrected chi connectivity index (χ0v) is 19.0. The highest BCUT2D eigenvalue weighted by Crippen LogP contribution is 2.27. The monoisotopic (exact) mass is 483 g/mol. The van der Waals surface area contributed by atoms with E-state index in [9.17, 15) is 14.9 Å². The van der Waals surface area contributed by atoms with Crippen molar-refractivity contribution in [1.82, 2.24) is 14.8 Å². The van der Waals surface area contributed by atoms with Crippen LogP contribution in [0.2, 0.25) is 5.02 Å². The van der Waals surface area contributed by atoms with Gasteiger partial charge in [-0.2, -0.15) is 0 Å². The van der Waals surface area contributed by atoms with Crippen molar-refractivity contribution in [1.29, 1.82) is 0 Å². The molecule has 11 heteroatoms. The number of amides is 1. The van der Waals surface area contributed by atoms with Crippen LogP contribution in [0.4, 0.5) is 11.4 Å². The third-order valence-corrected chi connectivity index (χ3v) is 5.97. The summed E-state index contributed by atoms with van der Waals surface area (Å²) in [6.07, 6.45) is 1.59. The van der Waals surface area contributed by atoms with E-state index in [0.717, 1.165) is 11.1 Å². The predicted molar refractivity (Wildman–Crippen MR) is 125 cm³/mol. The summed E-state index contributed by atoms with van der Waals surface area (Å²) in [6, 6.07) is 15.2. The summed E-state index contributed by atoms with van der Waals surface area (Å²) in [5.41, 5.74) is 1.86. The summed E-state index contributed by atoms with van der Waals surface area (Å²) >= 11 is 7.21. The van der Waals surface area contributed by atoms with Crippen LogP contribution in [0.3, 0.4) is 0 Å². The minimum Gasteiger partial charge on any atom is -0.467 e. The fourth-order valence-corrected chi connectivity index (χ4v) is 3.95. The van der Waals surface area contributed by atoms with Gasteiger partial charge < -0.3 is 9.73 Å². The van der Waals surface area contributed by atoms with Gasteiger partial charge in [-0.1, -0.05) is 29.4 Å². The number of carbonyl (C=O) groups excluding carboxylic acids is 1. The van der Waals surface area contributed by atoms with Gasteiger partial charge in [-0.3, -0.25) is 19.5 Å². The number of thioether (sulfide) groups is 1. The number of hydrogen-bond acceptors (Lipinski definition) is 7. The first-order valence-electron chi connectivity index (χ1n) is 9.80. The third-order valence-electron chi connectivity index (χ3n) is 4.75. The maximum absolute atomic E-state index is 12.6. The number of nitrogens with zero attached hydrogens (tertiary/aromatic N) is 4. The molecule has 1 N–H and O–H groups in total. The van der Waals surface area contributed by atoms with E-state index >= 15 is 0 Å². The zero-order chi connectivity index (χ0) is 23.4. The maximum atomic E-state index is 12.6. The Balaban J connectivity index is 1.53. The van der Waals surface area contributed by atoms with E-state index in [1.165, 1.54) is 23.9 Å². The van der Waals surface area contributed by atoms with Crippen LogP contribution in [0, 0.1) is 17.0 Å². The molecule has 0 saturated heterocycles. The summed E-state index contributed by atoms with van der Waals surface area (Å²) < 4.78 is 7.34. The Bertz CT molecular complexity index is 1290. The lowest BCUT2D eigenvalue weighted by Gasteiger charge is -2.10. The third kappa shape index (κ3) is 5.41. The first kappa shape index (κ1) is 22.6. The van der Waals surface area contributed by atoms with E-state index < -0.39 is 4.92 Å². The number of anilines is 1. The van der Waals surface area contributed by atoms with Gasteiger partial charge in [0, 0.05) is 22.7 Å². The average Bonchev–Trinajstić information content (AvgIpc) is 3.45. The van der Waals surface area contributed by atoms with Crippen molar-refractivity contribution in [2.75, 3.05) is 11.1 Å². The molecule has 0 unspecified atom stereocenters. The fraction of sp³-hybridized carbons (Fsp3) is 0.136. The molecule has 0 spiro atoms. The molecule has 2 heterocycles. The Kier molecular flexibility index (Phi) is 6.76. The van der Waals surface area contributed by atoms with Gasteiger partial charge in [0.15, 0.2) is 11.0 Å². The smallest absolute Gasteiger partial charge is 0.271 e. The number of hydrogen-bond donors (Lipinski definition) is 1. The van der Waals surface area contributed by atoms with Crippen molar-refractivity contribution in [3.05, 3.63) is 87.3 Å². The lowest BCUT2D eigenvalue weighted by Crippen LogP contribution is -2.15. The van der Waals surface area contributed by atoms with Crippen molar-refractivity contribution < 1.29 is 14.1 Å². The zero-order valence-electron chi connectivity index (χ0n) is 17.4. The average molecular weight is 484 g/mol. The highest BCUT2D eigenvalue weighted by Gasteiger charge is 2.18. The second kappa shape index (κ2) is 9.88. The summed E-state index contributed by atoms with van der Waals surface area (Å²) in [4.78, 5) is 23.1. The number of benzene rings is 2. The van der Waals surface area contributed by atoms with E-state index in [4.69, 9.17) is 16.0 Å². The van der Waals surface area contributed by atoms with Crippen LogP contribution < -0.4 is 5.32 Å². The molecule has 9 nitrogen and oxygen atoms in total. The molecule has 0 saturated carbocycles. The summed E-state index contributed by atoms with van der Waals surface area (Å²) in [5, 5.41) is 23.5. The van der Waals surface area contributed by atoms with E-state index in [0.29, 0.717) is 34.0 Å². The van der Waals surface area contributed by atoms with Crippen molar-refractivity contribution in [3.8, 4) is 11.4 Å². The minimum absolute atomic E-state index is 0.0407. The van der Waals surface area contributed by atoms with Crippen molar-refractivity contribution >= 4 is 40.6 Å². The molecular weight excluding hydrogens is 466 g/mol. The number of non-ortho nitro benzene ring substituents is 1. The van der Waals surface area contributed by atoms with Crippen LogP contribution in [0.5, 0.6) is 0 Å². The van der Waals surface area contributed by atoms with Gasteiger partial charge in [-0.05, 0) is 48.9 Å². The van der Waals surface area contributed by atoms with Crippen LogP contribution in [0.25, 0.3) is 11.4 Å². The number of carbonyl (C=O) groups is 1. The molecule has 0 atom stereocenters. The molecule has 4 aromatic rings. The van der Waals surface area contributed by atoms with Crippen molar-refractivity contribution in [3.63, 3.8) is 0 Å².